The van der Waals surface area contributed by atoms with Crippen LogP contribution in [-0.4, -0.2) is 35.1 Å². The maximum absolute atomic E-state index is 12.6. The number of aryl methyl sites for hydroxylation is 1. The molecule has 1 amide bonds. The van der Waals surface area contributed by atoms with Gasteiger partial charge in [0.05, 0.1) is 18.7 Å². The van der Waals surface area contributed by atoms with Gasteiger partial charge in [-0.05, 0) is 30.7 Å². The Bertz CT molecular complexity index is 939. The number of carbonyl (C=O) groups is 1. The van der Waals surface area contributed by atoms with Gasteiger partial charge in [0.2, 0.25) is 11.7 Å². The number of ether oxygens (including phenoxy) is 1. The Hall–Kier alpha value is -2.86. The van der Waals surface area contributed by atoms with Crippen LogP contribution in [0.25, 0.3) is 11.4 Å². The van der Waals surface area contributed by atoms with E-state index in [1.54, 1.807) is 25.2 Å². The van der Waals surface area contributed by atoms with Crippen molar-refractivity contribution in [2.75, 3.05) is 14.2 Å². The molecule has 0 radical (unpaired) electrons. The van der Waals surface area contributed by atoms with Crippen LogP contribution in [0, 0.1) is 6.92 Å². The summed E-state index contributed by atoms with van der Waals surface area (Å²) in [5.74, 6) is 1.18. The Balaban J connectivity index is 1.74. The van der Waals surface area contributed by atoms with Crippen molar-refractivity contribution in [3.63, 3.8) is 0 Å². The molecule has 134 valence electrons. The quantitative estimate of drug-likeness (QED) is 0.678. The summed E-state index contributed by atoms with van der Waals surface area (Å²) in [6.45, 7) is 2.18. The number of benzene rings is 2. The van der Waals surface area contributed by atoms with E-state index in [4.69, 9.17) is 20.9 Å². The van der Waals surface area contributed by atoms with Crippen LogP contribution < -0.4 is 4.74 Å². The van der Waals surface area contributed by atoms with E-state index in [0.29, 0.717) is 28.1 Å². The summed E-state index contributed by atoms with van der Waals surface area (Å²) in [6.07, 6.45) is 0. The summed E-state index contributed by atoms with van der Waals surface area (Å²) in [4.78, 5) is 18.4. The Morgan fingerprint density at radius 2 is 2.04 bits per heavy atom. The molecular formula is C19H18ClN3O3. The molecule has 0 unspecified atom stereocenters. The summed E-state index contributed by atoms with van der Waals surface area (Å²) in [5.41, 5.74) is 2.41. The lowest BCUT2D eigenvalue weighted by Crippen LogP contribution is -2.26. The lowest BCUT2D eigenvalue weighted by Gasteiger charge is -2.15. The van der Waals surface area contributed by atoms with Crippen molar-refractivity contribution in [2.45, 2.75) is 13.5 Å². The van der Waals surface area contributed by atoms with Crippen molar-refractivity contribution >= 4 is 17.5 Å². The normalized spacial score (nSPS) is 10.6. The Morgan fingerprint density at radius 1 is 1.27 bits per heavy atom. The number of halogens is 1. The Labute approximate surface area is 156 Å². The SMILES string of the molecule is COc1ccc(C(=O)N(C)Cc2nc(-c3ccccc3C)no2)cc1Cl. The first-order valence-electron chi connectivity index (χ1n) is 7.97. The highest BCUT2D eigenvalue weighted by Crippen LogP contribution is 2.26. The van der Waals surface area contributed by atoms with E-state index >= 15 is 0 Å². The molecule has 0 N–H and O–H groups in total. The monoisotopic (exact) mass is 371 g/mol. The van der Waals surface area contributed by atoms with Gasteiger partial charge >= 0.3 is 0 Å². The lowest BCUT2D eigenvalue weighted by atomic mass is 10.1. The topological polar surface area (TPSA) is 68.5 Å². The minimum absolute atomic E-state index is 0.196. The molecule has 0 fully saturated rings. The molecule has 1 heterocycles. The van der Waals surface area contributed by atoms with Gasteiger partial charge in [-0.2, -0.15) is 4.98 Å². The van der Waals surface area contributed by atoms with Crippen LogP contribution in [0.2, 0.25) is 5.02 Å². The van der Waals surface area contributed by atoms with Crippen LogP contribution in [0.5, 0.6) is 5.75 Å². The van der Waals surface area contributed by atoms with Crippen LogP contribution in [0.1, 0.15) is 21.8 Å². The van der Waals surface area contributed by atoms with E-state index in [9.17, 15) is 4.79 Å². The number of aromatic nitrogens is 2. The molecule has 3 rings (SSSR count). The van der Waals surface area contributed by atoms with E-state index in [1.807, 2.05) is 31.2 Å². The summed E-state index contributed by atoms with van der Waals surface area (Å²) in [5, 5.41) is 4.39. The van der Waals surface area contributed by atoms with Gasteiger partial charge < -0.3 is 14.2 Å². The minimum Gasteiger partial charge on any atom is -0.495 e. The van der Waals surface area contributed by atoms with E-state index in [-0.39, 0.29) is 12.5 Å². The second-order valence-electron chi connectivity index (χ2n) is 5.84. The summed E-state index contributed by atoms with van der Waals surface area (Å²) < 4.78 is 10.4. The first kappa shape index (κ1) is 17.9. The molecule has 1 aromatic heterocycles. The third-order valence-electron chi connectivity index (χ3n) is 3.97. The highest BCUT2D eigenvalue weighted by Gasteiger charge is 2.17. The molecule has 0 spiro atoms. The zero-order valence-corrected chi connectivity index (χ0v) is 15.4. The average Bonchev–Trinajstić information content (AvgIpc) is 3.09. The average molecular weight is 372 g/mol. The van der Waals surface area contributed by atoms with Crippen molar-refractivity contribution in [3.05, 3.63) is 64.5 Å². The van der Waals surface area contributed by atoms with Gasteiger partial charge in [0.25, 0.3) is 5.91 Å². The van der Waals surface area contributed by atoms with Crippen LogP contribution in [-0.2, 0) is 6.54 Å². The maximum Gasteiger partial charge on any atom is 0.254 e. The molecule has 6 nitrogen and oxygen atoms in total. The number of amides is 1. The maximum atomic E-state index is 12.6. The predicted octanol–water partition coefficient (Wildman–Crippen LogP) is 3.98. The van der Waals surface area contributed by atoms with Gasteiger partial charge in [0.1, 0.15) is 5.75 Å². The third-order valence-corrected chi connectivity index (χ3v) is 4.27. The zero-order chi connectivity index (χ0) is 18.7. The summed E-state index contributed by atoms with van der Waals surface area (Å²) in [7, 11) is 3.19. The first-order valence-corrected chi connectivity index (χ1v) is 8.35. The summed E-state index contributed by atoms with van der Waals surface area (Å²) in [6, 6.07) is 12.7. The number of methoxy groups -OCH3 is 1. The zero-order valence-electron chi connectivity index (χ0n) is 14.7. The van der Waals surface area contributed by atoms with Gasteiger partial charge in [0, 0.05) is 18.2 Å². The van der Waals surface area contributed by atoms with E-state index in [1.165, 1.54) is 12.0 Å². The van der Waals surface area contributed by atoms with Crippen LogP contribution in [0.3, 0.4) is 0 Å². The second-order valence-corrected chi connectivity index (χ2v) is 6.24. The molecule has 7 heteroatoms. The van der Waals surface area contributed by atoms with Crippen LogP contribution in [0.4, 0.5) is 0 Å². The second kappa shape index (κ2) is 7.58. The van der Waals surface area contributed by atoms with Gasteiger partial charge in [-0.3, -0.25) is 4.79 Å². The van der Waals surface area contributed by atoms with Crippen molar-refractivity contribution in [2.24, 2.45) is 0 Å². The molecule has 2 aromatic carbocycles. The Kier molecular flexibility index (Phi) is 5.23. The molecule has 0 aliphatic rings. The molecule has 26 heavy (non-hydrogen) atoms. The van der Waals surface area contributed by atoms with E-state index in [0.717, 1.165) is 11.1 Å². The first-order chi connectivity index (χ1) is 12.5. The van der Waals surface area contributed by atoms with Gasteiger partial charge in [0.15, 0.2) is 0 Å². The summed E-state index contributed by atoms with van der Waals surface area (Å²) >= 11 is 6.09. The largest absolute Gasteiger partial charge is 0.495 e. The molecule has 0 bridgehead atoms. The van der Waals surface area contributed by atoms with E-state index < -0.39 is 0 Å². The molecule has 0 aliphatic carbocycles. The number of nitrogens with zero attached hydrogens (tertiary/aromatic N) is 3. The molecule has 0 saturated heterocycles. The number of rotatable bonds is 5. The third kappa shape index (κ3) is 3.70. The lowest BCUT2D eigenvalue weighted by molar-refractivity contribution is 0.0769. The molecule has 0 aliphatic heterocycles. The van der Waals surface area contributed by atoms with Gasteiger partial charge in [-0.25, -0.2) is 0 Å². The van der Waals surface area contributed by atoms with Crippen molar-refractivity contribution in [1.29, 1.82) is 0 Å². The standard InChI is InChI=1S/C19H18ClN3O3/c1-12-6-4-5-7-14(12)18-21-17(26-22-18)11-23(2)19(24)13-8-9-16(25-3)15(20)10-13/h4-10H,11H2,1-3H3. The number of carbonyl (C=O) groups excluding carboxylic acids is 1. The minimum atomic E-state index is -0.204. The smallest absolute Gasteiger partial charge is 0.254 e. The predicted molar refractivity (Wildman–Crippen MR) is 98.3 cm³/mol. The number of hydrogen-bond acceptors (Lipinski definition) is 5. The highest BCUT2D eigenvalue weighted by molar-refractivity contribution is 6.32. The van der Waals surface area contributed by atoms with Crippen LogP contribution in [0.15, 0.2) is 47.0 Å². The molecular weight excluding hydrogens is 354 g/mol. The van der Waals surface area contributed by atoms with Crippen molar-refractivity contribution in [3.8, 4) is 17.1 Å². The van der Waals surface area contributed by atoms with Crippen LogP contribution >= 0.6 is 11.6 Å². The van der Waals surface area contributed by atoms with Gasteiger partial charge in [-0.1, -0.05) is 41.0 Å². The molecule has 0 saturated carbocycles. The Morgan fingerprint density at radius 3 is 2.73 bits per heavy atom. The van der Waals surface area contributed by atoms with Gasteiger partial charge in [-0.15, -0.1) is 0 Å². The fraction of sp³-hybridized carbons (Fsp3) is 0.211. The molecule has 0 atom stereocenters. The molecule has 3 aromatic rings. The fourth-order valence-corrected chi connectivity index (χ4v) is 2.80. The fourth-order valence-electron chi connectivity index (χ4n) is 2.55. The number of hydrogen-bond donors (Lipinski definition) is 0. The highest BCUT2D eigenvalue weighted by atomic mass is 35.5. The van der Waals surface area contributed by atoms with Crippen molar-refractivity contribution < 1.29 is 14.1 Å². The van der Waals surface area contributed by atoms with E-state index in [2.05, 4.69) is 10.1 Å². The van der Waals surface area contributed by atoms with Crippen molar-refractivity contribution in [1.82, 2.24) is 15.0 Å².